The molecule has 33 heavy (non-hydrogen) atoms. The average Bonchev–Trinajstić information content (AvgIpc) is 3.53. The number of rotatable bonds is 10. The number of carbonyl (C=O) groups is 2. The molecule has 7 heteroatoms. The van der Waals surface area contributed by atoms with Crippen LogP contribution < -0.4 is 15.1 Å². The van der Waals surface area contributed by atoms with Crippen molar-refractivity contribution in [2.45, 2.75) is 32.2 Å². The number of anilines is 2. The third-order valence-corrected chi connectivity index (χ3v) is 6.13. The van der Waals surface area contributed by atoms with E-state index in [1.807, 2.05) is 36.4 Å². The van der Waals surface area contributed by atoms with Crippen LogP contribution in [0.1, 0.15) is 31.4 Å². The van der Waals surface area contributed by atoms with Gasteiger partial charge in [-0.05, 0) is 43.5 Å². The van der Waals surface area contributed by atoms with Crippen LogP contribution in [0.25, 0.3) is 0 Å². The summed E-state index contributed by atoms with van der Waals surface area (Å²) in [5.41, 5.74) is 3.29. The van der Waals surface area contributed by atoms with E-state index in [4.69, 9.17) is 0 Å². The monoisotopic (exact) mass is 445 g/mol. The lowest BCUT2D eigenvalue weighted by atomic mass is 10.1. The highest BCUT2D eigenvalue weighted by molar-refractivity contribution is 6.00. The molecule has 0 fully saturated rings. The highest BCUT2D eigenvalue weighted by atomic mass is 16.2. The summed E-state index contributed by atoms with van der Waals surface area (Å²) in [5.74, 6) is -0.202. The van der Waals surface area contributed by atoms with E-state index in [9.17, 15) is 9.59 Å². The van der Waals surface area contributed by atoms with Crippen molar-refractivity contribution in [3.63, 3.8) is 0 Å². The number of nitrogens with one attached hydrogen (secondary N) is 1. The first-order valence-electron chi connectivity index (χ1n) is 11.6. The van der Waals surface area contributed by atoms with Crippen molar-refractivity contribution in [3.05, 3.63) is 78.9 Å². The summed E-state index contributed by atoms with van der Waals surface area (Å²) < 4.78 is 1.73. The number of amides is 2. The maximum absolute atomic E-state index is 13.4. The molecule has 0 bridgehead atoms. The summed E-state index contributed by atoms with van der Waals surface area (Å²) in [4.78, 5) is 34.4. The van der Waals surface area contributed by atoms with Crippen LogP contribution in [-0.4, -0.2) is 47.5 Å². The quantitative estimate of drug-likeness (QED) is 0.486. The molecule has 0 spiro atoms. The lowest BCUT2D eigenvalue weighted by Gasteiger charge is -2.25. The molecule has 1 atom stereocenters. The molecule has 3 aromatic rings. The Bertz CT molecular complexity index is 1050. The van der Waals surface area contributed by atoms with E-state index in [0.717, 1.165) is 31.6 Å². The molecule has 0 aliphatic carbocycles. The molecule has 7 nitrogen and oxygen atoms in total. The lowest BCUT2D eigenvalue weighted by molar-refractivity contribution is -0.128. The highest BCUT2D eigenvalue weighted by Gasteiger charge is 2.32. The first kappa shape index (κ1) is 22.6. The molecular formula is C26H31N5O2. The van der Waals surface area contributed by atoms with Crippen molar-refractivity contribution in [1.29, 1.82) is 0 Å². The molecule has 0 unspecified atom stereocenters. The molecule has 2 aromatic carbocycles. The third kappa shape index (κ3) is 5.42. The number of hydrogen-bond acceptors (Lipinski definition) is 4. The SMILES string of the molecule is CCN(CCCNC(=O)C[C@H](C(=O)N1CCc2ccccc21)n1ccnc1)c1ccccc1. The minimum atomic E-state index is -0.616. The molecule has 4 rings (SSSR count). The van der Waals surface area contributed by atoms with Crippen LogP contribution in [-0.2, 0) is 16.0 Å². The Morgan fingerprint density at radius 1 is 1.12 bits per heavy atom. The standard InChI is InChI=1S/C26H31N5O2/c1-2-29(22-10-4-3-5-11-22)16-8-14-28-25(32)19-24(30-18-15-27-20-30)26(33)31-17-13-21-9-6-7-12-23(21)31/h3-7,9-12,15,18,20,24H,2,8,13-14,16-17,19H2,1H3,(H,28,32)/t24-/m1/s1. The number of imidazole rings is 1. The van der Waals surface area contributed by atoms with E-state index in [1.165, 1.54) is 11.3 Å². The van der Waals surface area contributed by atoms with Crippen LogP contribution in [0.5, 0.6) is 0 Å². The van der Waals surface area contributed by atoms with Crippen LogP contribution in [0.15, 0.2) is 73.3 Å². The summed E-state index contributed by atoms with van der Waals surface area (Å²) in [5, 5.41) is 3.00. The molecule has 1 aliphatic rings. The Kier molecular flexibility index (Phi) is 7.40. The van der Waals surface area contributed by atoms with E-state index in [0.29, 0.717) is 13.1 Å². The van der Waals surface area contributed by atoms with Crippen LogP contribution in [0.3, 0.4) is 0 Å². The van der Waals surface area contributed by atoms with Gasteiger partial charge in [-0.25, -0.2) is 4.98 Å². The second-order valence-electron chi connectivity index (χ2n) is 8.22. The number of fused-ring (bicyclic) bond motifs is 1. The number of benzene rings is 2. The predicted octanol–water partition coefficient (Wildman–Crippen LogP) is 3.44. The van der Waals surface area contributed by atoms with Crippen molar-refractivity contribution in [2.24, 2.45) is 0 Å². The van der Waals surface area contributed by atoms with E-state index < -0.39 is 6.04 Å². The van der Waals surface area contributed by atoms with E-state index in [2.05, 4.69) is 40.3 Å². The first-order valence-corrected chi connectivity index (χ1v) is 11.6. The van der Waals surface area contributed by atoms with Crippen LogP contribution in [0.4, 0.5) is 11.4 Å². The van der Waals surface area contributed by atoms with Gasteiger partial charge in [0, 0.05) is 49.9 Å². The average molecular weight is 446 g/mol. The molecule has 0 saturated carbocycles. The number of aromatic nitrogens is 2. The first-order chi connectivity index (χ1) is 16.2. The zero-order valence-corrected chi connectivity index (χ0v) is 19.1. The number of nitrogens with zero attached hydrogens (tertiary/aromatic N) is 4. The van der Waals surface area contributed by atoms with Crippen LogP contribution in [0, 0.1) is 0 Å². The zero-order valence-electron chi connectivity index (χ0n) is 19.1. The fourth-order valence-electron chi connectivity index (χ4n) is 4.38. The van der Waals surface area contributed by atoms with Gasteiger partial charge in [0.15, 0.2) is 0 Å². The summed E-state index contributed by atoms with van der Waals surface area (Å²) in [6.45, 7) is 5.10. The fourth-order valence-corrected chi connectivity index (χ4v) is 4.38. The maximum Gasteiger partial charge on any atom is 0.250 e. The molecule has 1 aliphatic heterocycles. The Labute approximate surface area is 195 Å². The molecule has 1 N–H and O–H groups in total. The second-order valence-corrected chi connectivity index (χ2v) is 8.22. The van der Waals surface area contributed by atoms with E-state index in [-0.39, 0.29) is 18.2 Å². The molecule has 2 amide bonds. The smallest absolute Gasteiger partial charge is 0.250 e. The fraction of sp³-hybridized carbons (Fsp3) is 0.346. The van der Waals surface area contributed by atoms with Gasteiger partial charge in [0.05, 0.1) is 12.7 Å². The molecular weight excluding hydrogens is 414 g/mol. The lowest BCUT2D eigenvalue weighted by Crippen LogP contribution is -2.39. The summed E-state index contributed by atoms with van der Waals surface area (Å²) in [7, 11) is 0. The van der Waals surface area contributed by atoms with Crippen molar-refractivity contribution >= 4 is 23.2 Å². The maximum atomic E-state index is 13.4. The molecule has 2 heterocycles. The predicted molar refractivity (Wildman–Crippen MR) is 130 cm³/mol. The number of hydrogen-bond donors (Lipinski definition) is 1. The van der Waals surface area contributed by atoms with Gasteiger partial charge in [0.1, 0.15) is 6.04 Å². The number of carbonyl (C=O) groups excluding carboxylic acids is 2. The highest BCUT2D eigenvalue weighted by Crippen LogP contribution is 2.30. The third-order valence-electron chi connectivity index (χ3n) is 6.13. The topological polar surface area (TPSA) is 70.5 Å². The van der Waals surface area contributed by atoms with Gasteiger partial charge < -0.3 is 19.7 Å². The van der Waals surface area contributed by atoms with Crippen LogP contribution in [0.2, 0.25) is 0 Å². The van der Waals surface area contributed by atoms with Gasteiger partial charge in [0.2, 0.25) is 5.91 Å². The van der Waals surface area contributed by atoms with Gasteiger partial charge >= 0.3 is 0 Å². The largest absolute Gasteiger partial charge is 0.372 e. The molecule has 1 aromatic heterocycles. The van der Waals surface area contributed by atoms with Gasteiger partial charge in [-0.15, -0.1) is 0 Å². The van der Waals surface area contributed by atoms with Gasteiger partial charge in [-0.3, -0.25) is 9.59 Å². The van der Waals surface area contributed by atoms with Gasteiger partial charge in [0.25, 0.3) is 5.91 Å². The molecule has 0 radical (unpaired) electrons. The molecule has 0 saturated heterocycles. The summed E-state index contributed by atoms with van der Waals surface area (Å²) in [6, 6.07) is 17.6. The van der Waals surface area contributed by atoms with Gasteiger partial charge in [-0.1, -0.05) is 36.4 Å². The second kappa shape index (κ2) is 10.8. The van der Waals surface area contributed by atoms with Gasteiger partial charge in [-0.2, -0.15) is 0 Å². The van der Waals surface area contributed by atoms with Crippen molar-refractivity contribution in [2.75, 3.05) is 36.0 Å². The van der Waals surface area contributed by atoms with Crippen molar-refractivity contribution < 1.29 is 9.59 Å². The molecule has 172 valence electrons. The van der Waals surface area contributed by atoms with Crippen molar-refractivity contribution in [1.82, 2.24) is 14.9 Å². The minimum Gasteiger partial charge on any atom is -0.372 e. The Balaban J connectivity index is 1.34. The normalized spacial score (nSPS) is 13.4. The summed E-state index contributed by atoms with van der Waals surface area (Å²) in [6.07, 6.45) is 6.74. The van der Waals surface area contributed by atoms with E-state index in [1.54, 1.807) is 28.2 Å². The van der Waals surface area contributed by atoms with E-state index >= 15 is 0 Å². The zero-order chi connectivity index (χ0) is 23.0. The Morgan fingerprint density at radius 3 is 2.67 bits per heavy atom. The van der Waals surface area contributed by atoms with Crippen molar-refractivity contribution in [3.8, 4) is 0 Å². The minimum absolute atomic E-state index is 0.0747. The Hall–Kier alpha value is -3.61. The number of para-hydroxylation sites is 2. The Morgan fingerprint density at radius 2 is 1.91 bits per heavy atom. The summed E-state index contributed by atoms with van der Waals surface area (Å²) >= 11 is 0. The van der Waals surface area contributed by atoms with Crippen LogP contribution >= 0.6 is 0 Å².